The van der Waals surface area contributed by atoms with Crippen molar-refractivity contribution in [2.75, 3.05) is 13.2 Å². The van der Waals surface area contributed by atoms with Crippen molar-refractivity contribution in [3.05, 3.63) is 34.1 Å². The Balaban J connectivity index is 1.74. The highest BCUT2D eigenvalue weighted by Gasteiger charge is 2.34. The van der Waals surface area contributed by atoms with Gasteiger partial charge >= 0.3 is 0 Å². The van der Waals surface area contributed by atoms with Crippen molar-refractivity contribution in [3.8, 4) is 0 Å². The highest BCUT2D eigenvalue weighted by molar-refractivity contribution is 7.08. The van der Waals surface area contributed by atoms with Crippen LogP contribution in [0.2, 0.25) is 0 Å². The quantitative estimate of drug-likeness (QED) is 0.849. The lowest BCUT2D eigenvalue weighted by molar-refractivity contribution is 0.0729. The summed E-state index contributed by atoms with van der Waals surface area (Å²) in [6.07, 6.45) is 1.82. The van der Waals surface area contributed by atoms with Gasteiger partial charge in [0.1, 0.15) is 6.61 Å². The van der Waals surface area contributed by atoms with Gasteiger partial charge in [0.2, 0.25) is 0 Å². The van der Waals surface area contributed by atoms with Crippen molar-refractivity contribution in [2.45, 2.75) is 32.4 Å². The Morgan fingerprint density at radius 1 is 1.62 bits per heavy atom. The molecule has 0 radical (unpaired) electrons. The van der Waals surface area contributed by atoms with E-state index in [1.54, 1.807) is 0 Å². The molecule has 0 aliphatic carbocycles. The van der Waals surface area contributed by atoms with E-state index in [0.29, 0.717) is 24.9 Å². The van der Waals surface area contributed by atoms with Crippen LogP contribution in [0.15, 0.2) is 21.3 Å². The molecule has 3 rings (SSSR count). The SMILES string of the molecule is CCOCc1nc(C2CCCN2C(=O)c2ccsc2)no1. The zero-order chi connectivity index (χ0) is 14.7. The lowest BCUT2D eigenvalue weighted by Crippen LogP contribution is -2.30. The third-order valence-electron chi connectivity index (χ3n) is 3.49. The Morgan fingerprint density at radius 3 is 3.29 bits per heavy atom. The lowest BCUT2D eigenvalue weighted by Gasteiger charge is -2.21. The van der Waals surface area contributed by atoms with Gasteiger partial charge in [-0.15, -0.1) is 0 Å². The molecule has 2 aromatic rings. The summed E-state index contributed by atoms with van der Waals surface area (Å²) in [6.45, 7) is 3.56. The molecule has 7 heteroatoms. The van der Waals surface area contributed by atoms with Gasteiger partial charge in [-0.1, -0.05) is 5.16 Å². The van der Waals surface area contributed by atoms with Crippen molar-refractivity contribution >= 4 is 17.2 Å². The third kappa shape index (κ3) is 2.98. The number of nitrogens with zero attached hydrogens (tertiary/aromatic N) is 3. The minimum absolute atomic E-state index is 0.0370. The number of rotatable bonds is 5. The van der Waals surface area contributed by atoms with E-state index in [1.807, 2.05) is 28.7 Å². The molecule has 1 aliphatic heterocycles. The van der Waals surface area contributed by atoms with Crippen LogP contribution in [0, 0.1) is 0 Å². The average molecular weight is 307 g/mol. The molecule has 1 amide bonds. The molecule has 0 N–H and O–H groups in total. The van der Waals surface area contributed by atoms with Crippen LogP contribution in [0.5, 0.6) is 0 Å². The molecule has 112 valence electrons. The molecule has 1 saturated heterocycles. The van der Waals surface area contributed by atoms with Crippen LogP contribution in [0.3, 0.4) is 0 Å². The van der Waals surface area contributed by atoms with Gasteiger partial charge in [0.25, 0.3) is 11.8 Å². The van der Waals surface area contributed by atoms with Crippen LogP contribution in [0.4, 0.5) is 0 Å². The lowest BCUT2D eigenvalue weighted by atomic mass is 10.2. The van der Waals surface area contributed by atoms with Crippen molar-refractivity contribution in [1.82, 2.24) is 15.0 Å². The van der Waals surface area contributed by atoms with Crippen LogP contribution in [0.25, 0.3) is 0 Å². The minimum atomic E-state index is -0.100. The first-order valence-electron chi connectivity index (χ1n) is 7.03. The van der Waals surface area contributed by atoms with Crippen molar-refractivity contribution in [2.24, 2.45) is 0 Å². The number of hydrogen-bond acceptors (Lipinski definition) is 6. The normalized spacial score (nSPS) is 18.3. The van der Waals surface area contributed by atoms with E-state index >= 15 is 0 Å². The maximum atomic E-state index is 12.5. The number of amides is 1. The third-order valence-corrected chi connectivity index (χ3v) is 4.18. The molecule has 21 heavy (non-hydrogen) atoms. The van der Waals surface area contributed by atoms with Crippen LogP contribution in [-0.4, -0.2) is 34.1 Å². The number of likely N-dealkylation sites (tertiary alicyclic amines) is 1. The van der Waals surface area contributed by atoms with Gasteiger partial charge in [-0.25, -0.2) is 0 Å². The second kappa shape index (κ2) is 6.36. The highest BCUT2D eigenvalue weighted by Crippen LogP contribution is 2.31. The van der Waals surface area contributed by atoms with Gasteiger partial charge in [0, 0.05) is 18.5 Å². The maximum absolute atomic E-state index is 12.5. The number of carbonyl (C=O) groups excluding carboxylic acids is 1. The van der Waals surface area contributed by atoms with Gasteiger partial charge in [0.15, 0.2) is 5.82 Å². The second-order valence-electron chi connectivity index (χ2n) is 4.85. The predicted molar refractivity (Wildman–Crippen MR) is 77.0 cm³/mol. The molecule has 2 aromatic heterocycles. The van der Waals surface area contributed by atoms with Crippen LogP contribution < -0.4 is 0 Å². The first-order chi connectivity index (χ1) is 10.3. The van der Waals surface area contributed by atoms with Crippen LogP contribution in [-0.2, 0) is 11.3 Å². The zero-order valence-corrected chi connectivity index (χ0v) is 12.6. The zero-order valence-electron chi connectivity index (χ0n) is 11.8. The molecule has 6 nitrogen and oxygen atoms in total. The molecular weight excluding hydrogens is 290 g/mol. The van der Waals surface area contributed by atoms with E-state index in [1.165, 1.54) is 11.3 Å². The number of carbonyl (C=O) groups is 1. The summed E-state index contributed by atoms with van der Waals surface area (Å²) in [5, 5.41) is 7.79. The summed E-state index contributed by atoms with van der Waals surface area (Å²) in [5.41, 5.74) is 0.727. The summed E-state index contributed by atoms with van der Waals surface area (Å²) >= 11 is 1.52. The molecule has 0 spiro atoms. The first-order valence-corrected chi connectivity index (χ1v) is 7.97. The fourth-order valence-electron chi connectivity index (χ4n) is 2.48. The number of hydrogen-bond donors (Lipinski definition) is 0. The molecule has 0 bridgehead atoms. The van der Waals surface area contributed by atoms with E-state index in [-0.39, 0.29) is 11.9 Å². The topological polar surface area (TPSA) is 68.5 Å². The molecule has 0 aromatic carbocycles. The largest absolute Gasteiger partial charge is 0.372 e. The Kier molecular flexibility index (Phi) is 4.31. The standard InChI is InChI=1S/C14H17N3O3S/c1-2-19-8-12-15-13(16-20-12)11-4-3-6-17(11)14(18)10-5-7-21-9-10/h5,7,9,11H,2-4,6,8H2,1H3. The Bertz CT molecular complexity index is 596. The maximum Gasteiger partial charge on any atom is 0.255 e. The summed E-state index contributed by atoms with van der Waals surface area (Å²) in [7, 11) is 0. The number of ether oxygens (including phenoxy) is 1. The monoisotopic (exact) mass is 307 g/mol. The summed E-state index contributed by atoms with van der Waals surface area (Å²) in [6, 6.07) is 1.75. The van der Waals surface area contributed by atoms with Gasteiger partial charge in [-0.05, 0) is 31.2 Å². The number of aromatic nitrogens is 2. The Labute approximate surface area is 126 Å². The van der Waals surface area contributed by atoms with Gasteiger partial charge in [-0.3, -0.25) is 4.79 Å². The van der Waals surface area contributed by atoms with E-state index in [9.17, 15) is 4.79 Å². The summed E-state index contributed by atoms with van der Waals surface area (Å²) in [5.74, 6) is 1.07. The predicted octanol–water partition coefficient (Wildman–Crippen LogP) is 2.64. The molecular formula is C14H17N3O3S. The Hall–Kier alpha value is -1.73. The number of thiophene rings is 1. The van der Waals surface area contributed by atoms with E-state index in [2.05, 4.69) is 10.1 Å². The second-order valence-corrected chi connectivity index (χ2v) is 5.63. The Morgan fingerprint density at radius 2 is 2.52 bits per heavy atom. The molecule has 3 heterocycles. The smallest absolute Gasteiger partial charge is 0.255 e. The molecule has 1 aliphatic rings. The van der Waals surface area contributed by atoms with E-state index in [0.717, 1.165) is 24.9 Å². The molecule has 0 saturated carbocycles. The summed E-state index contributed by atoms with van der Waals surface area (Å²) < 4.78 is 10.4. The van der Waals surface area contributed by atoms with Crippen LogP contribution in [0.1, 0.15) is 47.9 Å². The minimum Gasteiger partial charge on any atom is -0.372 e. The van der Waals surface area contributed by atoms with Gasteiger partial charge < -0.3 is 14.2 Å². The van der Waals surface area contributed by atoms with Crippen LogP contribution >= 0.6 is 11.3 Å². The first kappa shape index (κ1) is 14.2. The van der Waals surface area contributed by atoms with Crippen molar-refractivity contribution < 1.29 is 14.1 Å². The highest BCUT2D eigenvalue weighted by atomic mass is 32.1. The van der Waals surface area contributed by atoms with Crippen molar-refractivity contribution in [1.29, 1.82) is 0 Å². The van der Waals surface area contributed by atoms with E-state index < -0.39 is 0 Å². The fraction of sp³-hybridized carbons (Fsp3) is 0.500. The van der Waals surface area contributed by atoms with E-state index in [4.69, 9.17) is 9.26 Å². The fourth-order valence-corrected chi connectivity index (χ4v) is 3.11. The average Bonchev–Trinajstić information content (AvgIpc) is 3.24. The summed E-state index contributed by atoms with van der Waals surface area (Å²) in [4.78, 5) is 18.7. The van der Waals surface area contributed by atoms with Crippen molar-refractivity contribution in [3.63, 3.8) is 0 Å². The molecule has 1 atom stereocenters. The van der Waals surface area contributed by atoms with Gasteiger partial charge in [-0.2, -0.15) is 16.3 Å². The van der Waals surface area contributed by atoms with Gasteiger partial charge in [0.05, 0.1) is 11.6 Å². The molecule has 1 fully saturated rings. The molecule has 1 unspecified atom stereocenters.